The van der Waals surface area contributed by atoms with E-state index in [1.54, 1.807) is 0 Å². The van der Waals surface area contributed by atoms with Crippen molar-refractivity contribution in [3.05, 3.63) is 11.1 Å². The quantitative estimate of drug-likeness (QED) is 0.700. The van der Waals surface area contributed by atoms with Gasteiger partial charge >= 0.3 is 0 Å². The molecule has 1 unspecified atom stereocenters. The van der Waals surface area contributed by atoms with Crippen LogP contribution in [-0.2, 0) is 0 Å². The number of aliphatic hydroxyl groups excluding tert-OH is 1. The highest BCUT2D eigenvalue weighted by Gasteiger charge is 2.35. The summed E-state index contributed by atoms with van der Waals surface area (Å²) in [5.74, 6) is 0.662. The summed E-state index contributed by atoms with van der Waals surface area (Å²) in [5.41, 5.74) is 3.08. The van der Waals surface area contributed by atoms with Crippen molar-refractivity contribution in [1.82, 2.24) is 0 Å². The van der Waals surface area contributed by atoms with Crippen LogP contribution in [-0.4, -0.2) is 11.2 Å². The Labute approximate surface area is 94.6 Å². The molecule has 88 valence electrons. The SMILES string of the molecule is CCC(CC)C1=C(C)C(O)CCC1(C)C. The van der Waals surface area contributed by atoms with Crippen LogP contribution in [0.3, 0.4) is 0 Å². The van der Waals surface area contributed by atoms with E-state index >= 15 is 0 Å². The van der Waals surface area contributed by atoms with Crippen molar-refractivity contribution >= 4 is 0 Å². The fourth-order valence-corrected chi connectivity index (χ4v) is 3.13. The summed E-state index contributed by atoms with van der Waals surface area (Å²) in [4.78, 5) is 0. The van der Waals surface area contributed by atoms with E-state index < -0.39 is 0 Å². The zero-order valence-electron chi connectivity index (χ0n) is 10.9. The first-order valence-electron chi connectivity index (χ1n) is 6.33. The first-order chi connectivity index (χ1) is 6.94. The van der Waals surface area contributed by atoms with Crippen molar-refractivity contribution in [3.63, 3.8) is 0 Å². The van der Waals surface area contributed by atoms with Crippen LogP contribution < -0.4 is 0 Å². The smallest absolute Gasteiger partial charge is 0.0750 e. The van der Waals surface area contributed by atoms with E-state index in [9.17, 15) is 5.11 Å². The second kappa shape index (κ2) is 4.69. The van der Waals surface area contributed by atoms with Crippen LogP contribution >= 0.6 is 0 Å². The van der Waals surface area contributed by atoms with E-state index in [-0.39, 0.29) is 6.10 Å². The molecule has 0 fully saturated rings. The predicted molar refractivity (Wildman–Crippen MR) is 65.8 cm³/mol. The lowest BCUT2D eigenvalue weighted by molar-refractivity contribution is 0.152. The van der Waals surface area contributed by atoms with Gasteiger partial charge in [0, 0.05) is 0 Å². The van der Waals surface area contributed by atoms with Gasteiger partial charge in [0.2, 0.25) is 0 Å². The van der Waals surface area contributed by atoms with E-state index in [0.29, 0.717) is 11.3 Å². The Morgan fingerprint density at radius 2 is 1.87 bits per heavy atom. The lowest BCUT2D eigenvalue weighted by atomic mass is 9.66. The summed E-state index contributed by atoms with van der Waals surface area (Å²) in [6.45, 7) is 11.3. The van der Waals surface area contributed by atoms with Gasteiger partial charge in [-0.25, -0.2) is 0 Å². The van der Waals surface area contributed by atoms with E-state index in [1.165, 1.54) is 24.0 Å². The van der Waals surface area contributed by atoms with E-state index in [4.69, 9.17) is 0 Å². The lowest BCUT2D eigenvalue weighted by Gasteiger charge is -2.40. The molecule has 0 radical (unpaired) electrons. The summed E-state index contributed by atoms with van der Waals surface area (Å²) >= 11 is 0. The summed E-state index contributed by atoms with van der Waals surface area (Å²) in [5, 5.41) is 9.96. The van der Waals surface area contributed by atoms with E-state index in [1.807, 2.05) is 0 Å². The molecule has 0 bridgehead atoms. The van der Waals surface area contributed by atoms with Gasteiger partial charge in [-0.15, -0.1) is 0 Å². The molecule has 0 amide bonds. The second-order valence-electron chi connectivity index (χ2n) is 5.55. The fourth-order valence-electron chi connectivity index (χ4n) is 3.13. The average molecular weight is 210 g/mol. The predicted octanol–water partition coefficient (Wildman–Crippen LogP) is 3.92. The van der Waals surface area contributed by atoms with Crippen molar-refractivity contribution in [1.29, 1.82) is 0 Å². The van der Waals surface area contributed by atoms with Gasteiger partial charge in [0.25, 0.3) is 0 Å². The van der Waals surface area contributed by atoms with Gasteiger partial charge in [-0.1, -0.05) is 33.3 Å². The van der Waals surface area contributed by atoms with E-state index in [0.717, 1.165) is 12.8 Å². The molecule has 0 aromatic heterocycles. The van der Waals surface area contributed by atoms with Crippen LogP contribution in [0.1, 0.15) is 60.3 Å². The third kappa shape index (κ3) is 2.44. The van der Waals surface area contributed by atoms with E-state index in [2.05, 4.69) is 34.6 Å². The van der Waals surface area contributed by atoms with Gasteiger partial charge in [0.1, 0.15) is 0 Å². The van der Waals surface area contributed by atoms with Crippen molar-refractivity contribution in [2.45, 2.75) is 66.4 Å². The van der Waals surface area contributed by atoms with Crippen LogP contribution in [0.15, 0.2) is 11.1 Å². The maximum absolute atomic E-state index is 9.96. The van der Waals surface area contributed by atoms with Gasteiger partial charge in [0.05, 0.1) is 6.10 Å². The Morgan fingerprint density at radius 1 is 1.33 bits per heavy atom. The molecular formula is C14H26O. The molecule has 1 rings (SSSR count). The van der Waals surface area contributed by atoms with Crippen LogP contribution in [0.25, 0.3) is 0 Å². The Hall–Kier alpha value is -0.300. The molecule has 1 heteroatoms. The molecular weight excluding hydrogens is 184 g/mol. The molecule has 1 nitrogen and oxygen atoms in total. The number of allylic oxidation sites excluding steroid dienone is 1. The number of hydrogen-bond donors (Lipinski definition) is 1. The molecule has 0 aliphatic heterocycles. The van der Waals surface area contributed by atoms with Crippen LogP contribution in [0.5, 0.6) is 0 Å². The summed E-state index contributed by atoms with van der Waals surface area (Å²) in [7, 11) is 0. The maximum Gasteiger partial charge on any atom is 0.0750 e. The standard InChI is InChI=1S/C14H26O/c1-6-11(7-2)13-10(3)12(15)8-9-14(13,4)5/h11-12,15H,6-9H2,1-5H3. The first-order valence-corrected chi connectivity index (χ1v) is 6.33. The number of rotatable bonds is 3. The summed E-state index contributed by atoms with van der Waals surface area (Å²) in [6, 6.07) is 0. The largest absolute Gasteiger partial charge is 0.389 e. The molecule has 0 saturated heterocycles. The van der Waals surface area contributed by atoms with Crippen molar-refractivity contribution in [2.75, 3.05) is 0 Å². The summed E-state index contributed by atoms with van der Waals surface area (Å²) < 4.78 is 0. The third-order valence-electron chi connectivity index (χ3n) is 4.09. The van der Waals surface area contributed by atoms with Crippen LogP contribution in [0.2, 0.25) is 0 Å². The highest BCUT2D eigenvalue weighted by molar-refractivity contribution is 5.27. The monoisotopic (exact) mass is 210 g/mol. The van der Waals surface area contributed by atoms with Crippen molar-refractivity contribution in [3.8, 4) is 0 Å². The lowest BCUT2D eigenvalue weighted by Crippen LogP contribution is -2.31. The molecule has 0 aromatic carbocycles. The van der Waals surface area contributed by atoms with Crippen LogP contribution in [0.4, 0.5) is 0 Å². The molecule has 1 N–H and O–H groups in total. The number of hydrogen-bond acceptors (Lipinski definition) is 1. The number of aliphatic hydroxyl groups is 1. The fraction of sp³-hybridized carbons (Fsp3) is 0.857. The minimum Gasteiger partial charge on any atom is -0.389 e. The van der Waals surface area contributed by atoms with Gasteiger partial charge in [-0.2, -0.15) is 0 Å². The van der Waals surface area contributed by atoms with Gasteiger partial charge in [-0.3, -0.25) is 0 Å². The minimum absolute atomic E-state index is 0.186. The molecule has 0 aromatic rings. The maximum atomic E-state index is 9.96. The topological polar surface area (TPSA) is 20.2 Å². The Balaban J connectivity index is 3.10. The first kappa shape index (κ1) is 12.8. The van der Waals surface area contributed by atoms with Crippen molar-refractivity contribution < 1.29 is 5.11 Å². The Kier molecular flexibility index (Phi) is 3.99. The highest BCUT2D eigenvalue weighted by Crippen LogP contribution is 2.45. The Morgan fingerprint density at radius 3 is 2.33 bits per heavy atom. The molecule has 1 aliphatic carbocycles. The molecule has 1 aliphatic rings. The van der Waals surface area contributed by atoms with Crippen molar-refractivity contribution in [2.24, 2.45) is 11.3 Å². The highest BCUT2D eigenvalue weighted by atomic mass is 16.3. The zero-order chi connectivity index (χ0) is 11.6. The van der Waals surface area contributed by atoms with Gasteiger partial charge in [-0.05, 0) is 49.5 Å². The minimum atomic E-state index is -0.186. The molecule has 15 heavy (non-hydrogen) atoms. The van der Waals surface area contributed by atoms with Gasteiger partial charge in [0.15, 0.2) is 0 Å². The summed E-state index contributed by atoms with van der Waals surface area (Å²) in [6.07, 6.45) is 4.26. The van der Waals surface area contributed by atoms with Gasteiger partial charge < -0.3 is 5.11 Å². The molecule has 0 spiro atoms. The average Bonchev–Trinajstić information content (AvgIpc) is 2.19. The zero-order valence-corrected chi connectivity index (χ0v) is 10.9. The normalized spacial score (nSPS) is 26.2. The molecule has 0 heterocycles. The Bertz CT molecular complexity index is 246. The molecule has 0 saturated carbocycles. The third-order valence-corrected chi connectivity index (χ3v) is 4.09. The van der Waals surface area contributed by atoms with Crippen LogP contribution in [0, 0.1) is 11.3 Å². The second-order valence-corrected chi connectivity index (χ2v) is 5.55. The molecule has 1 atom stereocenters.